The summed E-state index contributed by atoms with van der Waals surface area (Å²) in [5, 5.41) is 16.9. The van der Waals surface area contributed by atoms with Gasteiger partial charge in [0.25, 0.3) is 5.91 Å². The number of hydrogen-bond acceptors (Lipinski definition) is 7. The molecule has 0 spiro atoms. The van der Waals surface area contributed by atoms with Gasteiger partial charge < -0.3 is 21.7 Å². The van der Waals surface area contributed by atoms with Crippen LogP contribution in [0.4, 0.5) is 24.5 Å². The first-order chi connectivity index (χ1) is 17.1. The van der Waals surface area contributed by atoms with Crippen LogP contribution >= 0.6 is 0 Å². The SMILES string of the molecule is C=C/N=C\C(=C/N)C(=O)NC1(C(=O)NCc2ccc(Nc3ccc(C#N)cc3C(F)(F)F)cn2)CC1. The Bertz CT molecular complexity index is 1260. The zero-order valence-corrected chi connectivity index (χ0v) is 18.9. The number of amides is 2. The first-order valence-electron chi connectivity index (χ1n) is 10.6. The number of aliphatic imine (C=N–C) groups is 1. The fourth-order valence-corrected chi connectivity index (χ4v) is 3.19. The standard InChI is InChI=1S/C24H22F3N7O2/c1-2-30-12-16(11-29)21(35)34-23(7-8-23)22(36)32-13-17-4-5-18(14-31-17)33-20-6-3-15(10-28)9-19(20)24(25,26)27/h2-6,9,11-12,14,33H,1,7-8,13,29H2,(H,32,36)(H,34,35)/b16-11+,30-12-. The molecule has 186 valence electrons. The van der Waals surface area contributed by atoms with Crippen molar-refractivity contribution < 1.29 is 22.8 Å². The third-order valence-electron chi connectivity index (χ3n) is 5.29. The van der Waals surface area contributed by atoms with Crippen LogP contribution in [0.1, 0.15) is 29.7 Å². The molecule has 5 N–H and O–H groups in total. The molecule has 0 aliphatic heterocycles. The Morgan fingerprint density at radius 2 is 2.03 bits per heavy atom. The van der Waals surface area contributed by atoms with Gasteiger partial charge in [-0.2, -0.15) is 18.4 Å². The summed E-state index contributed by atoms with van der Waals surface area (Å²) in [5.41, 5.74) is 3.89. The summed E-state index contributed by atoms with van der Waals surface area (Å²) in [6.45, 7) is 3.45. The highest BCUT2D eigenvalue weighted by Gasteiger charge is 2.51. The molecule has 0 bridgehead atoms. The van der Waals surface area contributed by atoms with Crippen LogP contribution in [-0.4, -0.2) is 28.6 Å². The lowest BCUT2D eigenvalue weighted by molar-refractivity contribution is -0.137. The van der Waals surface area contributed by atoms with E-state index < -0.39 is 29.1 Å². The van der Waals surface area contributed by atoms with E-state index in [0.29, 0.717) is 18.5 Å². The number of benzene rings is 1. The molecular weight excluding hydrogens is 475 g/mol. The van der Waals surface area contributed by atoms with Gasteiger partial charge in [-0.15, -0.1) is 0 Å². The maximum absolute atomic E-state index is 13.4. The molecule has 0 atom stereocenters. The normalized spacial score (nSPS) is 14.6. The van der Waals surface area contributed by atoms with Gasteiger partial charge in [-0.05, 0) is 43.2 Å². The Labute approximate surface area is 204 Å². The van der Waals surface area contributed by atoms with Gasteiger partial charge >= 0.3 is 6.18 Å². The number of carbonyl (C=O) groups is 2. The van der Waals surface area contributed by atoms with Crippen molar-refractivity contribution in [1.82, 2.24) is 15.6 Å². The number of alkyl halides is 3. The topological polar surface area (TPSA) is 145 Å². The number of carbonyl (C=O) groups excluding carboxylic acids is 2. The summed E-state index contributed by atoms with van der Waals surface area (Å²) in [5.74, 6) is -0.949. The van der Waals surface area contributed by atoms with Crippen LogP contribution in [0.2, 0.25) is 0 Å². The number of nitriles is 1. The average Bonchev–Trinajstić information content (AvgIpc) is 3.64. The van der Waals surface area contributed by atoms with Crippen molar-refractivity contribution in [2.45, 2.75) is 31.1 Å². The van der Waals surface area contributed by atoms with E-state index in [4.69, 9.17) is 11.0 Å². The second-order valence-electron chi connectivity index (χ2n) is 7.83. The van der Waals surface area contributed by atoms with Crippen LogP contribution in [0.5, 0.6) is 0 Å². The van der Waals surface area contributed by atoms with E-state index in [1.54, 1.807) is 12.1 Å². The summed E-state index contributed by atoms with van der Waals surface area (Å²) < 4.78 is 40.1. The third kappa shape index (κ3) is 6.26. The van der Waals surface area contributed by atoms with Gasteiger partial charge in [0.1, 0.15) is 5.54 Å². The minimum Gasteiger partial charge on any atom is -0.404 e. The van der Waals surface area contributed by atoms with Gasteiger partial charge in [-0.25, -0.2) is 0 Å². The molecular formula is C24H22F3N7O2. The maximum Gasteiger partial charge on any atom is 0.418 e. The summed E-state index contributed by atoms with van der Waals surface area (Å²) in [7, 11) is 0. The number of nitrogens with zero attached hydrogens (tertiary/aromatic N) is 3. The summed E-state index contributed by atoms with van der Waals surface area (Å²) in [6, 6.07) is 7.96. The van der Waals surface area contributed by atoms with E-state index in [9.17, 15) is 22.8 Å². The molecule has 0 radical (unpaired) electrons. The fourth-order valence-electron chi connectivity index (χ4n) is 3.19. The molecule has 2 aromatic rings. The Morgan fingerprint density at radius 1 is 1.28 bits per heavy atom. The first kappa shape index (κ1) is 26.0. The second kappa shape index (κ2) is 10.7. The number of nitrogens with two attached hydrogens (primary N) is 1. The van der Waals surface area contributed by atoms with Crippen molar-refractivity contribution in [2.24, 2.45) is 10.7 Å². The van der Waals surface area contributed by atoms with E-state index in [0.717, 1.165) is 12.3 Å². The molecule has 1 fully saturated rings. The van der Waals surface area contributed by atoms with Gasteiger partial charge in [0.15, 0.2) is 0 Å². The number of nitrogens with one attached hydrogen (secondary N) is 3. The minimum atomic E-state index is -4.65. The lowest BCUT2D eigenvalue weighted by atomic mass is 10.1. The van der Waals surface area contributed by atoms with E-state index >= 15 is 0 Å². The highest BCUT2D eigenvalue weighted by molar-refractivity contribution is 6.13. The van der Waals surface area contributed by atoms with Crippen molar-refractivity contribution >= 4 is 29.4 Å². The number of aromatic nitrogens is 1. The largest absolute Gasteiger partial charge is 0.418 e. The molecule has 1 aromatic heterocycles. The van der Waals surface area contributed by atoms with Gasteiger partial charge in [0.05, 0.1) is 52.6 Å². The van der Waals surface area contributed by atoms with Crippen LogP contribution < -0.4 is 21.7 Å². The van der Waals surface area contributed by atoms with Crippen molar-refractivity contribution in [3.8, 4) is 6.07 Å². The number of hydrogen-bond donors (Lipinski definition) is 4. The summed E-state index contributed by atoms with van der Waals surface area (Å²) in [6.07, 6.45) is 1.11. The van der Waals surface area contributed by atoms with Gasteiger partial charge in [-0.3, -0.25) is 19.6 Å². The highest BCUT2D eigenvalue weighted by Crippen LogP contribution is 2.37. The van der Waals surface area contributed by atoms with Gasteiger partial charge in [0.2, 0.25) is 5.91 Å². The quantitative estimate of drug-likeness (QED) is 0.310. The van der Waals surface area contributed by atoms with Crippen molar-refractivity contribution in [3.63, 3.8) is 0 Å². The molecule has 0 saturated heterocycles. The summed E-state index contributed by atoms with van der Waals surface area (Å²) in [4.78, 5) is 32.9. The Hall–Kier alpha value is -4.66. The zero-order valence-electron chi connectivity index (χ0n) is 18.9. The lowest BCUT2D eigenvalue weighted by Gasteiger charge is -2.17. The van der Waals surface area contributed by atoms with Crippen LogP contribution in [-0.2, 0) is 22.3 Å². The number of pyridine rings is 1. The van der Waals surface area contributed by atoms with E-state index in [-0.39, 0.29) is 29.1 Å². The Kier molecular flexibility index (Phi) is 7.73. The predicted octanol–water partition coefficient (Wildman–Crippen LogP) is 3.04. The Morgan fingerprint density at radius 3 is 2.58 bits per heavy atom. The van der Waals surface area contributed by atoms with Crippen molar-refractivity contribution in [2.75, 3.05) is 5.32 Å². The van der Waals surface area contributed by atoms with E-state index in [2.05, 4.69) is 32.5 Å². The van der Waals surface area contributed by atoms with E-state index in [1.165, 1.54) is 36.8 Å². The Balaban J connectivity index is 1.61. The van der Waals surface area contributed by atoms with Gasteiger partial charge in [-0.1, -0.05) is 6.58 Å². The minimum absolute atomic E-state index is 0.0406. The van der Waals surface area contributed by atoms with Crippen LogP contribution in [0.15, 0.2) is 66.1 Å². The first-order valence-corrected chi connectivity index (χ1v) is 10.6. The summed E-state index contributed by atoms with van der Waals surface area (Å²) >= 11 is 0. The van der Waals surface area contributed by atoms with E-state index in [1.807, 2.05) is 0 Å². The average molecular weight is 497 g/mol. The maximum atomic E-state index is 13.4. The molecule has 0 unspecified atom stereocenters. The fraction of sp³-hybridized carbons (Fsp3) is 0.208. The lowest BCUT2D eigenvalue weighted by Crippen LogP contribution is -2.49. The molecule has 1 aromatic carbocycles. The van der Waals surface area contributed by atoms with Crippen LogP contribution in [0.3, 0.4) is 0 Å². The molecule has 2 amide bonds. The molecule has 3 rings (SSSR count). The molecule has 36 heavy (non-hydrogen) atoms. The predicted molar refractivity (Wildman–Crippen MR) is 127 cm³/mol. The smallest absolute Gasteiger partial charge is 0.404 e. The number of anilines is 2. The zero-order chi connectivity index (χ0) is 26.3. The van der Waals surface area contributed by atoms with Crippen molar-refractivity contribution in [3.05, 3.63) is 77.9 Å². The third-order valence-corrected chi connectivity index (χ3v) is 5.29. The highest BCUT2D eigenvalue weighted by atomic mass is 19.4. The molecule has 12 heteroatoms. The van der Waals surface area contributed by atoms with Crippen LogP contribution in [0, 0.1) is 11.3 Å². The monoisotopic (exact) mass is 497 g/mol. The molecule has 1 aliphatic carbocycles. The van der Waals surface area contributed by atoms with Gasteiger partial charge in [0, 0.05) is 18.6 Å². The van der Waals surface area contributed by atoms with Crippen LogP contribution in [0.25, 0.3) is 0 Å². The molecule has 1 saturated carbocycles. The van der Waals surface area contributed by atoms with Crippen molar-refractivity contribution in [1.29, 1.82) is 5.26 Å². The number of rotatable bonds is 9. The molecule has 9 nitrogen and oxygen atoms in total. The molecule has 1 aliphatic rings. The molecule has 1 heterocycles. The second-order valence-corrected chi connectivity index (χ2v) is 7.83. The number of halogens is 3.